The summed E-state index contributed by atoms with van der Waals surface area (Å²) in [7, 11) is 1.95. The molecule has 3 aliphatic rings. The molecule has 0 spiro atoms. The van der Waals surface area contributed by atoms with Crippen LogP contribution in [-0.2, 0) is 24.7 Å². The van der Waals surface area contributed by atoms with Gasteiger partial charge < -0.3 is 9.30 Å². The number of esters is 1. The van der Waals surface area contributed by atoms with Crippen molar-refractivity contribution >= 4 is 22.7 Å². The number of aromatic nitrogens is 1. The number of fused-ring (bicyclic) bond motifs is 5. The molecule has 0 N–H and O–H groups in total. The zero-order chi connectivity index (χ0) is 22.0. The van der Waals surface area contributed by atoms with Gasteiger partial charge in [-0.25, -0.2) is 4.79 Å². The molecule has 2 saturated carbocycles. The third-order valence-corrected chi connectivity index (χ3v) is 8.74. The molecule has 32 heavy (non-hydrogen) atoms. The number of carbonyl (C=O) groups is 2. The summed E-state index contributed by atoms with van der Waals surface area (Å²) >= 11 is 0. The molecule has 6 rings (SSSR count). The lowest BCUT2D eigenvalue weighted by atomic mass is 9.56. The lowest BCUT2D eigenvalue weighted by Gasteiger charge is -2.48. The Balaban J connectivity index is 1.25. The summed E-state index contributed by atoms with van der Waals surface area (Å²) in [6.45, 7) is 2.22. The highest BCUT2D eigenvalue weighted by Crippen LogP contribution is 2.57. The second kappa shape index (κ2) is 7.06. The molecule has 2 fully saturated rings. The number of rotatable bonds is 2. The summed E-state index contributed by atoms with van der Waals surface area (Å²) in [6, 6.07) is 14.0. The molecule has 0 aliphatic heterocycles. The molecule has 4 heteroatoms. The van der Waals surface area contributed by atoms with Gasteiger partial charge in [0.05, 0.1) is 5.56 Å². The van der Waals surface area contributed by atoms with Crippen molar-refractivity contribution in [3.63, 3.8) is 0 Å². The fraction of sp³-hybridized carbons (Fsp3) is 0.429. The first-order chi connectivity index (χ1) is 15.4. The van der Waals surface area contributed by atoms with E-state index in [-0.39, 0.29) is 11.4 Å². The quantitative estimate of drug-likeness (QED) is 0.400. The molecule has 0 radical (unpaired) electrons. The third-order valence-electron chi connectivity index (χ3n) is 8.74. The topological polar surface area (TPSA) is 48.3 Å². The summed E-state index contributed by atoms with van der Waals surface area (Å²) in [6.07, 6.45) is 7.90. The summed E-state index contributed by atoms with van der Waals surface area (Å²) in [5, 5.41) is 0.914. The second-order valence-corrected chi connectivity index (χ2v) is 10.3. The van der Waals surface area contributed by atoms with E-state index in [2.05, 4.69) is 19.1 Å². The Morgan fingerprint density at radius 1 is 1.09 bits per heavy atom. The first-order valence-electron chi connectivity index (χ1n) is 11.9. The van der Waals surface area contributed by atoms with Crippen LogP contribution in [0.15, 0.2) is 48.7 Å². The number of ether oxygens (including phenoxy) is 1. The van der Waals surface area contributed by atoms with Crippen molar-refractivity contribution in [1.29, 1.82) is 0 Å². The van der Waals surface area contributed by atoms with Crippen molar-refractivity contribution in [2.45, 2.75) is 45.4 Å². The number of benzene rings is 2. The van der Waals surface area contributed by atoms with Crippen molar-refractivity contribution < 1.29 is 14.3 Å². The molecule has 164 valence electrons. The third kappa shape index (κ3) is 2.88. The number of hydrogen-bond donors (Lipinski definition) is 0. The molecule has 1 heterocycles. The van der Waals surface area contributed by atoms with Gasteiger partial charge in [-0.3, -0.25) is 4.79 Å². The van der Waals surface area contributed by atoms with Gasteiger partial charge in [-0.15, -0.1) is 0 Å². The molecule has 0 saturated heterocycles. The second-order valence-electron chi connectivity index (χ2n) is 10.3. The highest BCUT2D eigenvalue weighted by Gasteiger charge is 2.54. The Morgan fingerprint density at radius 3 is 2.81 bits per heavy atom. The minimum atomic E-state index is -0.312. The molecule has 2 aromatic carbocycles. The lowest BCUT2D eigenvalue weighted by molar-refractivity contribution is -0.130. The standard InChI is InChI=1S/C28H29NO3/c1-28-12-11-18-13-19-14-20(8-7-17(19)15-22(18)24(28)9-10-26(28)30)32-27(31)23-16-29(2)25-6-4-3-5-21(23)25/h3-8,14,16,18,22,24H,9-13,15H2,1-2H3/t18-,22-,24+,28+/m1/s1. The van der Waals surface area contributed by atoms with Crippen LogP contribution in [0.1, 0.15) is 54.1 Å². The minimum Gasteiger partial charge on any atom is -0.423 e. The van der Waals surface area contributed by atoms with E-state index in [0.29, 0.717) is 34.8 Å². The smallest absolute Gasteiger partial charge is 0.345 e. The van der Waals surface area contributed by atoms with Crippen LogP contribution in [-0.4, -0.2) is 16.3 Å². The Morgan fingerprint density at radius 2 is 1.94 bits per heavy atom. The largest absolute Gasteiger partial charge is 0.423 e. The van der Waals surface area contributed by atoms with Crippen molar-refractivity contribution in [2.24, 2.45) is 30.2 Å². The van der Waals surface area contributed by atoms with Crippen molar-refractivity contribution in [3.05, 3.63) is 65.4 Å². The molecular weight excluding hydrogens is 398 g/mol. The number of Topliss-reactive ketones (excluding diaryl/α,β-unsaturated/α-hetero) is 1. The molecule has 4 nitrogen and oxygen atoms in total. The zero-order valence-corrected chi connectivity index (χ0v) is 18.8. The number of carbonyl (C=O) groups excluding carboxylic acids is 2. The van der Waals surface area contributed by atoms with Gasteiger partial charge in [-0.1, -0.05) is 31.2 Å². The average molecular weight is 428 g/mol. The van der Waals surface area contributed by atoms with Gasteiger partial charge in [-0.05, 0) is 79.2 Å². The van der Waals surface area contributed by atoms with Crippen molar-refractivity contribution in [3.8, 4) is 5.75 Å². The number of hydrogen-bond acceptors (Lipinski definition) is 3. The molecule has 3 aromatic rings. The van der Waals surface area contributed by atoms with E-state index in [0.717, 1.165) is 49.4 Å². The monoisotopic (exact) mass is 427 g/mol. The summed E-state index contributed by atoms with van der Waals surface area (Å²) in [5.74, 6) is 2.57. The van der Waals surface area contributed by atoms with Crippen molar-refractivity contribution in [1.82, 2.24) is 4.57 Å². The van der Waals surface area contributed by atoms with Crippen LogP contribution >= 0.6 is 0 Å². The van der Waals surface area contributed by atoms with E-state index < -0.39 is 0 Å². The first-order valence-corrected chi connectivity index (χ1v) is 11.9. The summed E-state index contributed by atoms with van der Waals surface area (Å²) in [5.41, 5.74) is 4.19. The van der Waals surface area contributed by atoms with Gasteiger partial charge in [0, 0.05) is 36.0 Å². The van der Waals surface area contributed by atoms with Gasteiger partial charge in [-0.2, -0.15) is 0 Å². The van der Waals surface area contributed by atoms with Crippen LogP contribution < -0.4 is 4.74 Å². The van der Waals surface area contributed by atoms with Gasteiger partial charge in [0.15, 0.2) is 0 Å². The van der Waals surface area contributed by atoms with Gasteiger partial charge in [0.2, 0.25) is 0 Å². The van der Waals surface area contributed by atoms with E-state index in [1.54, 1.807) is 0 Å². The van der Waals surface area contributed by atoms with E-state index in [9.17, 15) is 9.59 Å². The molecular formula is C28H29NO3. The maximum Gasteiger partial charge on any atom is 0.345 e. The predicted octanol–water partition coefficient (Wildman–Crippen LogP) is 5.51. The SMILES string of the molecule is Cn1cc(C(=O)Oc2ccc3c(c2)C[C@H]2CC[C@]4(C)C(=O)CC[C@H]4[C@@H]2C3)c2ccccc21. The normalized spacial score (nSPS) is 28.8. The molecule has 0 unspecified atom stereocenters. The molecule has 0 amide bonds. The van der Waals surface area contributed by atoms with Crippen molar-refractivity contribution in [2.75, 3.05) is 0 Å². The lowest BCUT2D eigenvalue weighted by Crippen LogP contribution is -2.44. The highest BCUT2D eigenvalue weighted by molar-refractivity contribution is 6.05. The van der Waals surface area contributed by atoms with Crippen LogP contribution in [0, 0.1) is 23.2 Å². The zero-order valence-electron chi connectivity index (χ0n) is 18.8. The maximum absolute atomic E-state index is 13.0. The molecule has 4 atom stereocenters. The first kappa shape index (κ1) is 19.8. The summed E-state index contributed by atoms with van der Waals surface area (Å²) in [4.78, 5) is 25.5. The number of para-hydroxylation sites is 1. The summed E-state index contributed by atoms with van der Waals surface area (Å²) < 4.78 is 7.79. The molecule has 1 aromatic heterocycles. The number of ketones is 1. The van der Waals surface area contributed by atoms with Crippen LogP contribution in [0.3, 0.4) is 0 Å². The Bertz CT molecular complexity index is 1250. The Hall–Kier alpha value is -2.88. The number of nitrogens with zero attached hydrogens (tertiary/aromatic N) is 1. The van der Waals surface area contributed by atoms with Crippen LogP contribution in [0.25, 0.3) is 10.9 Å². The van der Waals surface area contributed by atoms with E-state index in [1.807, 2.05) is 48.1 Å². The van der Waals surface area contributed by atoms with Crippen LogP contribution in [0.5, 0.6) is 5.75 Å². The van der Waals surface area contributed by atoms with Gasteiger partial charge in [0.1, 0.15) is 11.5 Å². The average Bonchev–Trinajstić information content (AvgIpc) is 3.29. The predicted molar refractivity (Wildman–Crippen MR) is 124 cm³/mol. The fourth-order valence-corrected chi connectivity index (χ4v) is 6.96. The Kier molecular flexibility index (Phi) is 4.36. The van der Waals surface area contributed by atoms with E-state index in [4.69, 9.17) is 4.74 Å². The minimum absolute atomic E-state index is 0.0907. The maximum atomic E-state index is 13.0. The van der Waals surface area contributed by atoms with Crippen LogP contribution in [0.4, 0.5) is 0 Å². The van der Waals surface area contributed by atoms with Gasteiger partial charge >= 0.3 is 5.97 Å². The number of aryl methyl sites for hydroxylation is 1. The van der Waals surface area contributed by atoms with Crippen LogP contribution in [0.2, 0.25) is 0 Å². The van der Waals surface area contributed by atoms with Gasteiger partial charge in [0.25, 0.3) is 0 Å². The highest BCUT2D eigenvalue weighted by atomic mass is 16.5. The molecule has 0 bridgehead atoms. The van der Waals surface area contributed by atoms with E-state index in [1.165, 1.54) is 11.1 Å². The fourth-order valence-electron chi connectivity index (χ4n) is 6.96. The Labute approximate surface area is 188 Å². The van der Waals surface area contributed by atoms with E-state index >= 15 is 0 Å². The molecule has 3 aliphatic carbocycles.